The summed E-state index contributed by atoms with van der Waals surface area (Å²) in [5.74, 6) is -0.113. The average Bonchev–Trinajstić information content (AvgIpc) is 3.65. The molecule has 3 N–H and O–H groups in total. The van der Waals surface area contributed by atoms with Crippen molar-refractivity contribution in [1.82, 2.24) is 5.32 Å². The lowest BCUT2D eigenvalue weighted by molar-refractivity contribution is 0.102. The largest absolute Gasteiger partial charge is 0.368 e. The maximum absolute atomic E-state index is 13.5. The van der Waals surface area contributed by atoms with Crippen molar-refractivity contribution in [3.8, 4) is 0 Å². The Bertz CT molecular complexity index is 1390. The van der Waals surface area contributed by atoms with Crippen LogP contribution in [0.15, 0.2) is 47.4 Å². The monoisotopic (exact) mass is 575 g/mol. The van der Waals surface area contributed by atoms with Gasteiger partial charge in [0.1, 0.15) is 0 Å². The molecule has 0 aromatic heterocycles. The van der Waals surface area contributed by atoms with Gasteiger partial charge in [-0.1, -0.05) is 32.6 Å². The molecule has 1 saturated carbocycles. The summed E-state index contributed by atoms with van der Waals surface area (Å²) in [5, 5.41) is 6.44. The van der Waals surface area contributed by atoms with Gasteiger partial charge >= 0.3 is 0 Å². The molecule has 39 heavy (non-hydrogen) atoms. The SMILES string of the molecule is CCCCCCCS(=N)(=O)c1ccc(NC(=O)c2cc(N3CCNC4(CC4)C3)ccc2N(C)S(C)(=O)=O)cc1. The summed E-state index contributed by atoms with van der Waals surface area (Å²) in [6.07, 6.45) is 8.46. The van der Waals surface area contributed by atoms with Gasteiger partial charge in [0.2, 0.25) is 10.0 Å². The summed E-state index contributed by atoms with van der Waals surface area (Å²) in [4.78, 5) is 16.2. The van der Waals surface area contributed by atoms with Crippen LogP contribution < -0.4 is 19.8 Å². The molecule has 9 nitrogen and oxygen atoms in total. The van der Waals surface area contributed by atoms with Crippen LogP contribution in [-0.2, 0) is 19.8 Å². The summed E-state index contributed by atoms with van der Waals surface area (Å²) >= 11 is 0. The zero-order chi connectivity index (χ0) is 28.3. The van der Waals surface area contributed by atoms with E-state index in [0.717, 1.165) is 80.8 Å². The number of anilines is 3. The second-order valence-corrected chi connectivity index (χ2v) is 15.1. The number of hydrogen-bond acceptors (Lipinski definition) is 7. The van der Waals surface area contributed by atoms with E-state index in [4.69, 9.17) is 4.78 Å². The van der Waals surface area contributed by atoms with Crippen molar-refractivity contribution < 1.29 is 17.4 Å². The van der Waals surface area contributed by atoms with Crippen LogP contribution in [0.1, 0.15) is 62.2 Å². The molecule has 2 fully saturated rings. The van der Waals surface area contributed by atoms with Crippen LogP contribution in [0, 0.1) is 4.78 Å². The molecule has 1 saturated heterocycles. The first-order chi connectivity index (χ1) is 18.4. The number of sulfonamides is 1. The zero-order valence-corrected chi connectivity index (χ0v) is 24.8. The maximum atomic E-state index is 13.5. The normalized spacial score (nSPS) is 18.0. The van der Waals surface area contributed by atoms with Crippen LogP contribution in [0.4, 0.5) is 17.1 Å². The molecular weight excluding hydrogens is 534 g/mol. The number of hydrogen-bond donors (Lipinski definition) is 3. The number of amides is 1. The van der Waals surface area contributed by atoms with E-state index in [1.807, 2.05) is 6.07 Å². The second kappa shape index (κ2) is 11.9. The molecule has 1 atom stereocenters. The Kier molecular flexibility index (Phi) is 8.92. The number of nitrogens with zero attached hydrogens (tertiary/aromatic N) is 2. The highest BCUT2D eigenvalue weighted by Gasteiger charge is 2.45. The van der Waals surface area contributed by atoms with Crippen molar-refractivity contribution in [1.29, 1.82) is 4.78 Å². The highest BCUT2D eigenvalue weighted by Crippen LogP contribution is 2.39. The fraction of sp³-hybridized carbons (Fsp3) is 0.536. The first kappa shape index (κ1) is 29.4. The van der Waals surface area contributed by atoms with E-state index in [1.165, 1.54) is 7.05 Å². The zero-order valence-electron chi connectivity index (χ0n) is 23.2. The van der Waals surface area contributed by atoms with Crippen LogP contribution in [0.25, 0.3) is 0 Å². The third kappa shape index (κ3) is 7.32. The smallest absolute Gasteiger partial charge is 0.257 e. The van der Waals surface area contributed by atoms with E-state index in [1.54, 1.807) is 36.4 Å². The minimum atomic E-state index is -3.59. The molecular formula is C28H41N5O4S2. The van der Waals surface area contributed by atoms with E-state index in [0.29, 0.717) is 22.0 Å². The molecule has 1 aliphatic heterocycles. The van der Waals surface area contributed by atoms with Gasteiger partial charge in [0, 0.05) is 54.2 Å². The second-order valence-electron chi connectivity index (χ2n) is 10.8. The van der Waals surface area contributed by atoms with E-state index in [-0.39, 0.29) is 11.1 Å². The minimum Gasteiger partial charge on any atom is -0.368 e. The van der Waals surface area contributed by atoms with Gasteiger partial charge in [0.15, 0.2) is 0 Å². The lowest BCUT2D eigenvalue weighted by Gasteiger charge is -2.36. The predicted octanol–water partition coefficient (Wildman–Crippen LogP) is 4.65. The molecule has 1 amide bonds. The Morgan fingerprint density at radius 3 is 2.41 bits per heavy atom. The molecule has 1 spiro atoms. The maximum Gasteiger partial charge on any atom is 0.257 e. The van der Waals surface area contributed by atoms with E-state index in [9.17, 15) is 17.4 Å². The van der Waals surface area contributed by atoms with Crippen LogP contribution >= 0.6 is 0 Å². The first-order valence-electron chi connectivity index (χ1n) is 13.7. The summed E-state index contributed by atoms with van der Waals surface area (Å²) in [7, 11) is -5.05. The van der Waals surface area contributed by atoms with Crippen molar-refractivity contribution in [2.75, 3.05) is 53.2 Å². The molecule has 214 valence electrons. The molecule has 1 unspecified atom stereocenters. The molecule has 0 bridgehead atoms. The summed E-state index contributed by atoms with van der Waals surface area (Å²) in [6, 6.07) is 11.9. The molecule has 0 radical (unpaired) electrons. The fourth-order valence-electron chi connectivity index (χ4n) is 5.00. The Hall–Kier alpha value is -2.63. The van der Waals surface area contributed by atoms with Crippen LogP contribution in [0.2, 0.25) is 0 Å². The van der Waals surface area contributed by atoms with Gasteiger partial charge < -0.3 is 15.5 Å². The Morgan fingerprint density at radius 1 is 1.08 bits per heavy atom. The van der Waals surface area contributed by atoms with Crippen LogP contribution in [0.3, 0.4) is 0 Å². The number of carbonyl (C=O) groups excluding carboxylic acids is 1. The van der Waals surface area contributed by atoms with E-state index < -0.39 is 25.7 Å². The third-order valence-electron chi connectivity index (χ3n) is 7.68. The minimum absolute atomic E-state index is 0.150. The molecule has 4 rings (SSSR count). The lowest BCUT2D eigenvalue weighted by atomic mass is 10.1. The summed E-state index contributed by atoms with van der Waals surface area (Å²) in [5.41, 5.74) is 2.06. The number of piperazine rings is 1. The summed E-state index contributed by atoms with van der Waals surface area (Å²) < 4.78 is 47.1. The number of carbonyl (C=O) groups is 1. The fourth-order valence-corrected chi connectivity index (χ4v) is 6.94. The van der Waals surface area contributed by atoms with Crippen molar-refractivity contribution in [3.63, 3.8) is 0 Å². The highest BCUT2D eigenvalue weighted by atomic mass is 32.2. The quantitative estimate of drug-likeness (QED) is 0.317. The molecule has 1 heterocycles. The molecule has 2 aliphatic rings. The lowest BCUT2D eigenvalue weighted by Crippen LogP contribution is -2.52. The van der Waals surface area contributed by atoms with Gasteiger partial charge in [0.25, 0.3) is 5.91 Å². The van der Waals surface area contributed by atoms with E-state index in [2.05, 4.69) is 22.5 Å². The number of benzene rings is 2. The number of unbranched alkanes of at least 4 members (excludes halogenated alkanes) is 4. The molecule has 2 aromatic carbocycles. The van der Waals surface area contributed by atoms with Crippen LogP contribution in [-0.4, -0.2) is 62.8 Å². The average molecular weight is 576 g/mol. The van der Waals surface area contributed by atoms with Gasteiger partial charge in [-0.2, -0.15) is 0 Å². The summed E-state index contributed by atoms with van der Waals surface area (Å²) in [6.45, 7) is 4.65. The van der Waals surface area contributed by atoms with E-state index >= 15 is 0 Å². The Labute approximate surface area is 233 Å². The topological polar surface area (TPSA) is 123 Å². The number of rotatable bonds is 12. The van der Waals surface area contributed by atoms with Crippen molar-refractivity contribution >= 4 is 42.7 Å². The van der Waals surface area contributed by atoms with Crippen molar-refractivity contribution in [3.05, 3.63) is 48.0 Å². The van der Waals surface area contributed by atoms with Gasteiger partial charge in [-0.15, -0.1) is 0 Å². The standard InChI is InChI=1S/C28H41N5O4S2/c1-4-5-6-7-8-19-39(29,37)24-12-9-22(10-13-24)31-27(34)25-20-23(11-14-26(25)32(2)38(3,35)36)33-18-17-30-28(21-33)15-16-28/h9-14,20,29-30H,4-8,15-19,21H2,1-3H3,(H,31,34). The first-order valence-corrected chi connectivity index (χ1v) is 17.3. The van der Waals surface area contributed by atoms with Gasteiger partial charge in [-0.3, -0.25) is 9.10 Å². The van der Waals surface area contributed by atoms with Crippen molar-refractivity contribution in [2.24, 2.45) is 0 Å². The molecule has 11 heteroatoms. The Balaban J connectivity index is 1.52. The predicted molar refractivity (Wildman–Crippen MR) is 159 cm³/mol. The number of nitrogens with one attached hydrogen (secondary N) is 3. The highest BCUT2D eigenvalue weighted by molar-refractivity contribution is 7.92. The Morgan fingerprint density at radius 2 is 1.77 bits per heavy atom. The van der Waals surface area contributed by atoms with Gasteiger partial charge in [0.05, 0.1) is 27.2 Å². The van der Waals surface area contributed by atoms with Gasteiger partial charge in [-0.25, -0.2) is 17.4 Å². The molecule has 2 aromatic rings. The van der Waals surface area contributed by atoms with Crippen LogP contribution in [0.5, 0.6) is 0 Å². The van der Waals surface area contributed by atoms with Crippen molar-refractivity contribution in [2.45, 2.75) is 62.3 Å². The van der Waals surface area contributed by atoms with Gasteiger partial charge in [-0.05, 0) is 61.7 Å². The third-order valence-corrected chi connectivity index (χ3v) is 10.8. The molecule has 1 aliphatic carbocycles.